The van der Waals surface area contributed by atoms with Crippen LogP contribution in [0.3, 0.4) is 0 Å². The molecule has 5 heteroatoms. The largest absolute Gasteiger partial charge is 0.304 e. The number of carbonyl (C=O) groups excluding carboxylic acids is 2. The lowest BCUT2D eigenvalue weighted by atomic mass is 9.89. The van der Waals surface area contributed by atoms with Crippen LogP contribution in [0.15, 0.2) is 30.3 Å². The predicted molar refractivity (Wildman–Crippen MR) is 135 cm³/mol. The molecule has 2 aliphatic heterocycles. The van der Waals surface area contributed by atoms with Crippen LogP contribution in [0, 0.1) is 0 Å². The Morgan fingerprint density at radius 3 is 2.24 bits per heavy atom. The molecule has 1 atom stereocenters. The minimum atomic E-state index is -0.129. The van der Waals surface area contributed by atoms with Gasteiger partial charge in [0, 0.05) is 55.3 Å². The monoisotopic (exact) mass is 449 g/mol. The summed E-state index contributed by atoms with van der Waals surface area (Å²) < 4.78 is 0. The van der Waals surface area contributed by atoms with E-state index in [0.29, 0.717) is 23.7 Å². The maximum absolute atomic E-state index is 13.3. The standard InChI is InChI=1S/C28H39N3O2/c1-4-5-6-7-8-9-15-31-27(32)24-12-10-11-23-22(13-14-25(26(23)24)28(31)33)20-21(2)30-18-16-29(3)17-19-30/h10-14,21H,4-9,15-20H2,1-3H3. The first-order chi connectivity index (χ1) is 16.0. The SMILES string of the molecule is CCCCCCCCN1C(=O)c2cccc3c(CC(C)N4CCN(C)CC4)ccc(c23)C1=O. The van der Waals surface area contributed by atoms with E-state index in [-0.39, 0.29) is 11.8 Å². The first-order valence-corrected chi connectivity index (χ1v) is 12.8. The fourth-order valence-corrected chi connectivity index (χ4v) is 5.35. The highest BCUT2D eigenvalue weighted by atomic mass is 16.2. The number of imide groups is 1. The van der Waals surface area contributed by atoms with Gasteiger partial charge in [0.05, 0.1) is 0 Å². The van der Waals surface area contributed by atoms with E-state index in [9.17, 15) is 9.59 Å². The van der Waals surface area contributed by atoms with Crippen molar-refractivity contribution in [2.75, 3.05) is 39.8 Å². The molecule has 0 N–H and O–H groups in total. The summed E-state index contributed by atoms with van der Waals surface area (Å²) in [5, 5.41) is 1.92. The second kappa shape index (κ2) is 10.8. The molecular weight excluding hydrogens is 410 g/mol. The van der Waals surface area contributed by atoms with E-state index >= 15 is 0 Å². The Bertz CT molecular complexity index is 972. The third kappa shape index (κ3) is 5.15. The van der Waals surface area contributed by atoms with Gasteiger partial charge in [0.2, 0.25) is 0 Å². The fraction of sp³-hybridized carbons (Fsp3) is 0.571. The number of benzene rings is 2. The van der Waals surface area contributed by atoms with Crippen LogP contribution in [0.25, 0.3) is 10.8 Å². The Morgan fingerprint density at radius 1 is 0.848 bits per heavy atom. The van der Waals surface area contributed by atoms with Crippen LogP contribution < -0.4 is 0 Å². The zero-order chi connectivity index (χ0) is 23.4. The van der Waals surface area contributed by atoms with Gasteiger partial charge in [-0.2, -0.15) is 0 Å². The van der Waals surface area contributed by atoms with Crippen molar-refractivity contribution in [1.82, 2.24) is 14.7 Å². The van der Waals surface area contributed by atoms with Crippen LogP contribution >= 0.6 is 0 Å². The van der Waals surface area contributed by atoms with Crippen molar-refractivity contribution >= 4 is 22.6 Å². The van der Waals surface area contributed by atoms with E-state index in [2.05, 4.69) is 42.8 Å². The lowest BCUT2D eigenvalue weighted by molar-refractivity contribution is 0.0607. The average molecular weight is 450 g/mol. The molecule has 0 radical (unpaired) electrons. The molecule has 1 fully saturated rings. The summed E-state index contributed by atoms with van der Waals surface area (Å²) in [7, 11) is 2.18. The van der Waals surface area contributed by atoms with Gasteiger partial charge < -0.3 is 4.90 Å². The molecule has 2 aromatic carbocycles. The molecule has 2 amide bonds. The molecule has 33 heavy (non-hydrogen) atoms. The lowest BCUT2D eigenvalue weighted by Crippen LogP contribution is -2.48. The van der Waals surface area contributed by atoms with Crippen molar-refractivity contribution in [2.24, 2.45) is 0 Å². The van der Waals surface area contributed by atoms with E-state index in [4.69, 9.17) is 0 Å². The molecular formula is C28H39N3O2. The van der Waals surface area contributed by atoms with E-state index in [1.54, 1.807) is 0 Å². The molecule has 2 aromatic rings. The highest BCUT2D eigenvalue weighted by Crippen LogP contribution is 2.33. The zero-order valence-corrected chi connectivity index (χ0v) is 20.6. The van der Waals surface area contributed by atoms with E-state index in [1.165, 1.54) is 36.1 Å². The maximum atomic E-state index is 13.3. The van der Waals surface area contributed by atoms with Crippen LogP contribution in [-0.2, 0) is 6.42 Å². The molecule has 178 valence electrons. The summed E-state index contributed by atoms with van der Waals surface area (Å²) in [5.41, 5.74) is 2.59. The first kappa shape index (κ1) is 23.9. The molecule has 4 rings (SSSR count). The Hall–Kier alpha value is -2.24. The molecule has 0 aliphatic carbocycles. The van der Waals surface area contributed by atoms with Gasteiger partial charge in [-0.05, 0) is 49.9 Å². The van der Waals surface area contributed by atoms with Crippen LogP contribution in [0.1, 0.15) is 78.7 Å². The number of hydrogen-bond donors (Lipinski definition) is 0. The Morgan fingerprint density at radius 2 is 1.52 bits per heavy atom. The molecule has 0 spiro atoms. The Balaban J connectivity index is 1.51. The molecule has 1 saturated heterocycles. The number of rotatable bonds is 10. The van der Waals surface area contributed by atoms with Crippen molar-refractivity contribution in [3.8, 4) is 0 Å². The lowest BCUT2D eigenvalue weighted by Gasteiger charge is -2.36. The summed E-state index contributed by atoms with van der Waals surface area (Å²) in [4.78, 5) is 33.0. The second-order valence-corrected chi connectivity index (χ2v) is 9.92. The predicted octanol–water partition coefficient (Wildman–Crippen LogP) is 4.97. The average Bonchev–Trinajstić information content (AvgIpc) is 2.82. The molecule has 5 nitrogen and oxygen atoms in total. The number of piperazine rings is 1. The number of nitrogens with zero attached hydrogens (tertiary/aromatic N) is 3. The Kier molecular flexibility index (Phi) is 7.82. The van der Waals surface area contributed by atoms with E-state index in [0.717, 1.165) is 56.2 Å². The molecule has 0 aromatic heterocycles. The minimum Gasteiger partial charge on any atom is -0.304 e. The van der Waals surface area contributed by atoms with Gasteiger partial charge in [-0.1, -0.05) is 57.2 Å². The summed E-state index contributed by atoms with van der Waals surface area (Å²) in [5.74, 6) is -0.258. The third-order valence-corrected chi connectivity index (χ3v) is 7.49. The molecule has 2 aliphatic rings. The van der Waals surface area contributed by atoms with Gasteiger partial charge in [-0.25, -0.2) is 0 Å². The van der Waals surface area contributed by atoms with Gasteiger partial charge >= 0.3 is 0 Å². The number of amides is 2. The van der Waals surface area contributed by atoms with Gasteiger partial charge in [0.15, 0.2) is 0 Å². The minimum absolute atomic E-state index is 0.129. The van der Waals surface area contributed by atoms with Gasteiger partial charge in [0.1, 0.15) is 0 Å². The van der Waals surface area contributed by atoms with E-state index in [1.807, 2.05) is 18.2 Å². The van der Waals surface area contributed by atoms with Crippen LogP contribution in [0.4, 0.5) is 0 Å². The highest BCUT2D eigenvalue weighted by Gasteiger charge is 2.33. The van der Waals surface area contributed by atoms with Crippen LogP contribution in [-0.4, -0.2) is 72.3 Å². The smallest absolute Gasteiger partial charge is 0.261 e. The summed E-state index contributed by atoms with van der Waals surface area (Å²) >= 11 is 0. The normalized spacial score (nSPS) is 18.3. The molecule has 0 saturated carbocycles. The topological polar surface area (TPSA) is 43.9 Å². The van der Waals surface area contributed by atoms with Crippen LogP contribution in [0.2, 0.25) is 0 Å². The first-order valence-electron chi connectivity index (χ1n) is 12.8. The fourth-order valence-electron chi connectivity index (χ4n) is 5.35. The summed E-state index contributed by atoms with van der Waals surface area (Å²) in [6.07, 6.45) is 7.76. The van der Waals surface area contributed by atoms with Gasteiger partial charge in [-0.15, -0.1) is 0 Å². The van der Waals surface area contributed by atoms with Crippen LogP contribution in [0.5, 0.6) is 0 Å². The van der Waals surface area contributed by atoms with Crippen molar-refractivity contribution in [3.05, 3.63) is 47.0 Å². The molecule has 1 unspecified atom stereocenters. The number of hydrogen-bond acceptors (Lipinski definition) is 4. The van der Waals surface area contributed by atoms with Crippen molar-refractivity contribution in [2.45, 2.75) is 64.8 Å². The molecule has 0 bridgehead atoms. The maximum Gasteiger partial charge on any atom is 0.261 e. The number of unbranched alkanes of at least 4 members (excludes halogenated alkanes) is 5. The van der Waals surface area contributed by atoms with Gasteiger partial charge in [-0.3, -0.25) is 19.4 Å². The quantitative estimate of drug-likeness (QED) is 0.379. The summed E-state index contributed by atoms with van der Waals surface area (Å²) in [6, 6.07) is 10.4. The number of likely N-dealkylation sites (N-methyl/N-ethyl adjacent to an activating group) is 1. The van der Waals surface area contributed by atoms with E-state index < -0.39 is 0 Å². The van der Waals surface area contributed by atoms with Crippen molar-refractivity contribution in [1.29, 1.82) is 0 Å². The number of carbonyl (C=O) groups is 2. The Labute approximate surface area is 198 Å². The van der Waals surface area contributed by atoms with Gasteiger partial charge in [0.25, 0.3) is 11.8 Å². The molecule has 2 heterocycles. The second-order valence-electron chi connectivity index (χ2n) is 9.92. The highest BCUT2D eigenvalue weighted by molar-refractivity contribution is 6.25. The van der Waals surface area contributed by atoms with Crippen molar-refractivity contribution in [3.63, 3.8) is 0 Å². The summed E-state index contributed by atoms with van der Waals surface area (Å²) in [6.45, 7) is 9.40. The van der Waals surface area contributed by atoms with Crippen molar-refractivity contribution < 1.29 is 9.59 Å². The third-order valence-electron chi connectivity index (χ3n) is 7.49. The zero-order valence-electron chi connectivity index (χ0n) is 20.6.